The maximum Gasteiger partial charge on any atom is 0.254 e. The Kier molecular flexibility index (Phi) is 5.57. The van der Waals surface area contributed by atoms with Crippen molar-refractivity contribution in [2.24, 2.45) is 0 Å². The summed E-state index contributed by atoms with van der Waals surface area (Å²) in [4.78, 5) is 23.3. The number of amides is 1. The van der Waals surface area contributed by atoms with Crippen LogP contribution in [-0.2, 0) is 11.3 Å². The highest BCUT2D eigenvalue weighted by molar-refractivity contribution is 5.98. The van der Waals surface area contributed by atoms with Gasteiger partial charge in [0.15, 0.2) is 0 Å². The van der Waals surface area contributed by atoms with E-state index < -0.39 is 0 Å². The number of ether oxygens (including phenoxy) is 1. The van der Waals surface area contributed by atoms with E-state index in [0.717, 1.165) is 36.8 Å². The Morgan fingerprint density at radius 3 is 2.55 bits per heavy atom. The minimum Gasteiger partial charge on any atom is -0.378 e. The molecule has 1 aromatic carbocycles. The number of rotatable bonds is 4. The number of morpholine rings is 1. The lowest BCUT2D eigenvalue weighted by Gasteiger charge is -2.38. The first-order valence-corrected chi connectivity index (χ1v) is 11.2. The Hall–Kier alpha value is -1.89. The van der Waals surface area contributed by atoms with Gasteiger partial charge in [0.1, 0.15) is 0 Å². The van der Waals surface area contributed by atoms with Crippen LogP contribution >= 0.6 is 0 Å². The number of carbonyl (C=O) groups excluding carboxylic acids is 1. The van der Waals surface area contributed by atoms with Crippen LogP contribution in [0.1, 0.15) is 41.6 Å². The number of fused-ring (bicyclic) bond motifs is 1. The first-order chi connectivity index (χ1) is 14.3. The molecule has 156 valence electrons. The summed E-state index contributed by atoms with van der Waals surface area (Å²) < 4.78 is 5.36. The fourth-order valence-electron chi connectivity index (χ4n) is 5.20. The molecule has 1 aliphatic carbocycles. The molecule has 0 spiro atoms. The zero-order valence-corrected chi connectivity index (χ0v) is 17.2. The van der Waals surface area contributed by atoms with Gasteiger partial charge in [-0.25, -0.2) is 0 Å². The molecule has 0 bridgehead atoms. The summed E-state index contributed by atoms with van der Waals surface area (Å²) in [6, 6.07) is 6.95. The SMILES string of the molecule is O=C(c1ccc2c(CN3CCN(C4CCCC4)CC3)c[nH]c2c1)N1CCOCC1. The van der Waals surface area contributed by atoms with Crippen molar-refractivity contribution in [1.29, 1.82) is 0 Å². The summed E-state index contributed by atoms with van der Waals surface area (Å²) in [5.41, 5.74) is 3.15. The van der Waals surface area contributed by atoms with Crippen LogP contribution in [0.5, 0.6) is 0 Å². The number of H-pyrrole nitrogens is 1. The van der Waals surface area contributed by atoms with Gasteiger partial charge < -0.3 is 14.6 Å². The summed E-state index contributed by atoms with van der Waals surface area (Å²) in [5, 5.41) is 1.24. The van der Waals surface area contributed by atoms with Crippen LogP contribution in [0.3, 0.4) is 0 Å². The first-order valence-electron chi connectivity index (χ1n) is 11.2. The second kappa shape index (κ2) is 8.46. The Morgan fingerprint density at radius 2 is 1.79 bits per heavy atom. The molecule has 3 heterocycles. The van der Waals surface area contributed by atoms with Gasteiger partial charge in [-0.1, -0.05) is 18.9 Å². The lowest BCUT2D eigenvalue weighted by Crippen LogP contribution is -2.49. The van der Waals surface area contributed by atoms with E-state index in [2.05, 4.69) is 27.0 Å². The Bertz CT molecular complexity index is 844. The van der Waals surface area contributed by atoms with Crippen molar-refractivity contribution in [3.05, 3.63) is 35.5 Å². The minimum absolute atomic E-state index is 0.106. The molecule has 29 heavy (non-hydrogen) atoms. The molecule has 0 radical (unpaired) electrons. The van der Waals surface area contributed by atoms with Crippen molar-refractivity contribution in [1.82, 2.24) is 19.7 Å². The second-order valence-corrected chi connectivity index (χ2v) is 8.73. The number of benzene rings is 1. The smallest absolute Gasteiger partial charge is 0.254 e. The number of hydrogen-bond donors (Lipinski definition) is 1. The fourth-order valence-corrected chi connectivity index (χ4v) is 5.20. The standard InChI is InChI=1S/C23H32N4O2/c28-23(27-11-13-29-14-12-27)18-5-6-21-19(16-24-22(21)15-18)17-25-7-9-26(10-8-25)20-3-1-2-4-20/h5-6,15-16,20,24H,1-4,7-14,17H2. The third kappa shape index (κ3) is 4.06. The summed E-state index contributed by atoms with van der Waals surface area (Å²) in [5.74, 6) is 0.106. The van der Waals surface area contributed by atoms with Gasteiger partial charge in [-0.05, 0) is 30.5 Å². The average molecular weight is 397 g/mol. The minimum atomic E-state index is 0.106. The van der Waals surface area contributed by atoms with Crippen LogP contribution < -0.4 is 0 Å². The first kappa shape index (κ1) is 19.1. The molecule has 1 amide bonds. The van der Waals surface area contributed by atoms with Crippen LogP contribution in [0, 0.1) is 0 Å². The van der Waals surface area contributed by atoms with Crippen molar-refractivity contribution in [2.45, 2.75) is 38.3 Å². The van der Waals surface area contributed by atoms with Gasteiger partial charge in [0.2, 0.25) is 0 Å². The van der Waals surface area contributed by atoms with E-state index in [4.69, 9.17) is 4.74 Å². The highest BCUT2D eigenvalue weighted by Gasteiger charge is 2.26. The number of carbonyl (C=O) groups is 1. The van der Waals surface area contributed by atoms with Gasteiger partial charge in [0, 0.05) is 74.5 Å². The van der Waals surface area contributed by atoms with Crippen LogP contribution in [-0.4, -0.2) is 84.1 Å². The number of nitrogens with zero attached hydrogens (tertiary/aromatic N) is 3. The number of aromatic amines is 1. The van der Waals surface area contributed by atoms with E-state index in [1.165, 1.54) is 49.7 Å². The molecule has 0 unspecified atom stereocenters. The van der Waals surface area contributed by atoms with Gasteiger partial charge in [-0.15, -0.1) is 0 Å². The van der Waals surface area contributed by atoms with Crippen LogP contribution in [0.2, 0.25) is 0 Å². The van der Waals surface area contributed by atoms with E-state index in [1.807, 2.05) is 17.0 Å². The third-order valence-corrected chi connectivity index (χ3v) is 6.95. The molecular weight excluding hydrogens is 364 g/mol. The summed E-state index contributed by atoms with van der Waals surface area (Å²) in [7, 11) is 0. The molecule has 3 fully saturated rings. The van der Waals surface area contributed by atoms with Crippen molar-refractivity contribution >= 4 is 16.8 Å². The molecule has 6 nitrogen and oxygen atoms in total. The Balaban J connectivity index is 1.23. The van der Waals surface area contributed by atoms with E-state index in [-0.39, 0.29) is 5.91 Å². The predicted molar refractivity (Wildman–Crippen MR) is 114 cm³/mol. The van der Waals surface area contributed by atoms with E-state index in [0.29, 0.717) is 26.3 Å². The predicted octanol–water partition coefficient (Wildman–Crippen LogP) is 2.70. The normalized spacial score (nSPS) is 22.6. The van der Waals surface area contributed by atoms with Crippen LogP contribution in [0.15, 0.2) is 24.4 Å². The van der Waals surface area contributed by atoms with Crippen molar-refractivity contribution in [2.75, 3.05) is 52.5 Å². The van der Waals surface area contributed by atoms with Crippen molar-refractivity contribution in [3.8, 4) is 0 Å². The Morgan fingerprint density at radius 1 is 1.03 bits per heavy atom. The average Bonchev–Trinajstić information content (AvgIpc) is 3.45. The third-order valence-electron chi connectivity index (χ3n) is 6.95. The quantitative estimate of drug-likeness (QED) is 0.863. The van der Waals surface area contributed by atoms with Crippen LogP contribution in [0.4, 0.5) is 0 Å². The van der Waals surface area contributed by atoms with Crippen LogP contribution in [0.25, 0.3) is 10.9 Å². The van der Waals surface area contributed by atoms with Gasteiger partial charge >= 0.3 is 0 Å². The van der Waals surface area contributed by atoms with E-state index >= 15 is 0 Å². The molecule has 1 aromatic heterocycles. The van der Waals surface area contributed by atoms with E-state index in [1.54, 1.807) is 0 Å². The van der Waals surface area contributed by atoms with Crippen molar-refractivity contribution < 1.29 is 9.53 Å². The lowest BCUT2D eigenvalue weighted by atomic mass is 10.1. The fraction of sp³-hybridized carbons (Fsp3) is 0.609. The largest absolute Gasteiger partial charge is 0.378 e. The second-order valence-electron chi connectivity index (χ2n) is 8.73. The summed E-state index contributed by atoms with van der Waals surface area (Å²) in [6.07, 6.45) is 7.74. The van der Waals surface area contributed by atoms with Gasteiger partial charge in [-0.3, -0.25) is 14.6 Å². The molecule has 1 saturated carbocycles. The summed E-state index contributed by atoms with van der Waals surface area (Å²) in [6.45, 7) is 8.31. The number of piperazine rings is 1. The zero-order chi connectivity index (χ0) is 19.6. The molecule has 0 atom stereocenters. The van der Waals surface area contributed by atoms with Gasteiger partial charge in [0.25, 0.3) is 5.91 Å². The summed E-state index contributed by atoms with van der Waals surface area (Å²) >= 11 is 0. The molecule has 2 aliphatic heterocycles. The molecule has 1 N–H and O–H groups in total. The van der Waals surface area contributed by atoms with Gasteiger partial charge in [0.05, 0.1) is 13.2 Å². The maximum atomic E-state index is 12.8. The molecule has 2 saturated heterocycles. The molecule has 3 aliphatic rings. The van der Waals surface area contributed by atoms with Gasteiger partial charge in [-0.2, -0.15) is 0 Å². The Labute approximate surface area is 172 Å². The highest BCUT2D eigenvalue weighted by atomic mass is 16.5. The monoisotopic (exact) mass is 396 g/mol. The molecule has 5 rings (SSSR count). The zero-order valence-electron chi connectivity index (χ0n) is 17.2. The van der Waals surface area contributed by atoms with E-state index in [9.17, 15) is 4.79 Å². The highest BCUT2D eigenvalue weighted by Crippen LogP contribution is 2.26. The molecule has 2 aromatic rings. The van der Waals surface area contributed by atoms with Crippen molar-refractivity contribution in [3.63, 3.8) is 0 Å². The molecule has 6 heteroatoms. The number of aromatic nitrogens is 1. The number of hydrogen-bond acceptors (Lipinski definition) is 4. The maximum absolute atomic E-state index is 12.8. The lowest BCUT2D eigenvalue weighted by molar-refractivity contribution is 0.0303. The number of nitrogens with one attached hydrogen (secondary N) is 1. The topological polar surface area (TPSA) is 51.8 Å². The molecular formula is C23H32N4O2.